The SMILES string of the molecule is CCO[C@@H](c1ncc(Cl)cn1)[C@@H](C)S(=O)(=O)Cc1nnc(-c2cccnc2)n1-c1c(OC)cccc1OC. The van der Waals surface area contributed by atoms with E-state index in [4.69, 9.17) is 25.8 Å². The van der Waals surface area contributed by atoms with Crippen LogP contribution in [-0.2, 0) is 20.3 Å². The Kier molecular flexibility index (Phi) is 8.55. The van der Waals surface area contributed by atoms with E-state index < -0.39 is 26.9 Å². The number of sulfone groups is 1. The number of para-hydroxylation sites is 1. The van der Waals surface area contributed by atoms with E-state index in [1.165, 1.54) is 26.6 Å². The lowest BCUT2D eigenvalue weighted by molar-refractivity contribution is 0.0556. The molecule has 3 heterocycles. The third-order valence-electron chi connectivity index (χ3n) is 5.84. The second-order valence-corrected chi connectivity index (χ2v) is 11.0. The Morgan fingerprint density at radius 1 is 1.00 bits per heavy atom. The Hall–Kier alpha value is -3.61. The molecule has 0 aliphatic rings. The summed E-state index contributed by atoms with van der Waals surface area (Å²) in [6, 6.07) is 8.82. The van der Waals surface area contributed by atoms with Crippen molar-refractivity contribution in [3.63, 3.8) is 0 Å². The molecule has 0 bridgehead atoms. The topological polar surface area (TPSA) is 131 Å². The summed E-state index contributed by atoms with van der Waals surface area (Å²) in [5, 5.41) is 7.93. The molecule has 0 aliphatic carbocycles. The van der Waals surface area contributed by atoms with E-state index in [9.17, 15) is 8.42 Å². The van der Waals surface area contributed by atoms with E-state index >= 15 is 0 Å². The van der Waals surface area contributed by atoms with Crippen molar-refractivity contribution >= 4 is 21.4 Å². The fourth-order valence-electron chi connectivity index (χ4n) is 3.95. The van der Waals surface area contributed by atoms with Gasteiger partial charge in [0.1, 0.15) is 29.0 Å². The predicted molar refractivity (Wildman–Crippen MR) is 141 cm³/mol. The minimum Gasteiger partial charge on any atom is -0.494 e. The lowest BCUT2D eigenvalue weighted by Gasteiger charge is -2.23. The standard InChI is InChI=1S/C25H27ClN6O5S/c1-5-37-23(24-28-13-18(26)14-29-24)16(2)38(33,34)15-21-30-31-25(17-8-7-11-27-12-17)32(21)22-19(35-3)9-6-10-20(22)36-4/h6-14,16,23H,5,15H2,1-4H3/t16-,23-/m1/s1. The third-order valence-corrected chi connectivity index (χ3v) is 8.08. The van der Waals surface area contributed by atoms with E-state index in [0.29, 0.717) is 33.6 Å². The smallest absolute Gasteiger partial charge is 0.170 e. The zero-order chi connectivity index (χ0) is 27.3. The predicted octanol–water partition coefficient (Wildman–Crippen LogP) is 3.87. The number of hydrogen-bond donors (Lipinski definition) is 0. The molecule has 1 aromatic carbocycles. The highest BCUT2D eigenvalue weighted by Gasteiger charge is 2.35. The number of benzene rings is 1. The quantitative estimate of drug-likeness (QED) is 0.267. The first-order valence-corrected chi connectivity index (χ1v) is 13.8. The molecule has 3 aromatic heterocycles. The van der Waals surface area contributed by atoms with Crippen LogP contribution in [0.15, 0.2) is 55.1 Å². The van der Waals surface area contributed by atoms with Crippen LogP contribution in [0.25, 0.3) is 17.1 Å². The monoisotopic (exact) mass is 558 g/mol. The molecule has 0 unspecified atom stereocenters. The number of methoxy groups -OCH3 is 2. The summed E-state index contributed by atoms with van der Waals surface area (Å²) in [6.45, 7) is 3.59. The number of nitrogens with zero attached hydrogens (tertiary/aromatic N) is 6. The number of pyridine rings is 1. The normalized spacial score (nSPS) is 13.2. The summed E-state index contributed by atoms with van der Waals surface area (Å²) in [6.07, 6.45) is 5.14. The van der Waals surface area contributed by atoms with Crippen LogP contribution in [0.4, 0.5) is 0 Å². The van der Waals surface area contributed by atoms with Crippen molar-refractivity contribution in [2.24, 2.45) is 0 Å². The molecule has 0 N–H and O–H groups in total. The van der Waals surface area contributed by atoms with Gasteiger partial charge < -0.3 is 14.2 Å². The molecule has 200 valence electrons. The van der Waals surface area contributed by atoms with Crippen molar-refractivity contribution < 1.29 is 22.6 Å². The molecule has 11 nitrogen and oxygen atoms in total. The van der Waals surface area contributed by atoms with Gasteiger partial charge in [0.15, 0.2) is 27.3 Å². The number of hydrogen-bond acceptors (Lipinski definition) is 10. The number of halogens is 1. The summed E-state index contributed by atoms with van der Waals surface area (Å²) in [5.74, 6) is 1.19. The minimum atomic E-state index is -3.89. The average molecular weight is 559 g/mol. The number of aromatic nitrogens is 6. The van der Waals surface area contributed by atoms with Gasteiger partial charge in [0, 0.05) is 37.0 Å². The van der Waals surface area contributed by atoms with Gasteiger partial charge in [-0.3, -0.25) is 9.55 Å². The molecular formula is C25H27ClN6O5S. The van der Waals surface area contributed by atoms with Crippen LogP contribution in [0.2, 0.25) is 5.02 Å². The molecule has 4 aromatic rings. The highest BCUT2D eigenvalue weighted by molar-refractivity contribution is 7.91. The van der Waals surface area contributed by atoms with Gasteiger partial charge in [-0.2, -0.15) is 0 Å². The molecule has 0 saturated heterocycles. The fourth-order valence-corrected chi connectivity index (χ4v) is 5.43. The molecular weight excluding hydrogens is 532 g/mol. The summed E-state index contributed by atoms with van der Waals surface area (Å²) >= 11 is 5.92. The molecule has 0 amide bonds. The molecule has 0 aliphatic heterocycles. The van der Waals surface area contributed by atoms with Gasteiger partial charge in [0.2, 0.25) is 0 Å². The van der Waals surface area contributed by atoms with Gasteiger partial charge in [-0.25, -0.2) is 18.4 Å². The maximum absolute atomic E-state index is 13.8. The van der Waals surface area contributed by atoms with Crippen molar-refractivity contribution in [3.8, 4) is 28.6 Å². The van der Waals surface area contributed by atoms with Crippen LogP contribution >= 0.6 is 11.6 Å². The van der Waals surface area contributed by atoms with Crippen LogP contribution in [0.5, 0.6) is 11.5 Å². The van der Waals surface area contributed by atoms with Gasteiger partial charge in [0.05, 0.1) is 24.5 Å². The number of ether oxygens (including phenoxy) is 3. The van der Waals surface area contributed by atoms with Gasteiger partial charge >= 0.3 is 0 Å². The van der Waals surface area contributed by atoms with E-state index in [1.807, 2.05) is 0 Å². The Bertz CT molecular complexity index is 1460. The van der Waals surface area contributed by atoms with Crippen molar-refractivity contribution in [2.45, 2.75) is 31.0 Å². The first kappa shape index (κ1) is 27.4. The molecule has 13 heteroatoms. The van der Waals surface area contributed by atoms with Gasteiger partial charge in [-0.1, -0.05) is 17.7 Å². The van der Waals surface area contributed by atoms with Crippen LogP contribution in [-0.4, -0.2) is 64.2 Å². The van der Waals surface area contributed by atoms with Crippen LogP contribution in [0.3, 0.4) is 0 Å². The van der Waals surface area contributed by atoms with Crippen molar-refractivity contribution in [1.82, 2.24) is 29.7 Å². The Balaban J connectivity index is 1.83. The first-order valence-electron chi connectivity index (χ1n) is 11.7. The molecule has 38 heavy (non-hydrogen) atoms. The van der Waals surface area contributed by atoms with Crippen molar-refractivity contribution in [2.75, 3.05) is 20.8 Å². The lowest BCUT2D eigenvalue weighted by Crippen LogP contribution is -2.30. The zero-order valence-corrected chi connectivity index (χ0v) is 22.8. The summed E-state index contributed by atoms with van der Waals surface area (Å²) in [7, 11) is -0.855. The summed E-state index contributed by atoms with van der Waals surface area (Å²) in [4.78, 5) is 12.5. The maximum atomic E-state index is 13.8. The lowest BCUT2D eigenvalue weighted by atomic mass is 10.2. The average Bonchev–Trinajstić information content (AvgIpc) is 3.34. The van der Waals surface area contributed by atoms with Gasteiger partial charge in [-0.05, 0) is 38.1 Å². The van der Waals surface area contributed by atoms with Gasteiger partial charge in [0.25, 0.3) is 0 Å². The fraction of sp³-hybridized carbons (Fsp3) is 0.320. The summed E-state index contributed by atoms with van der Waals surface area (Å²) < 4.78 is 46.2. The Morgan fingerprint density at radius 3 is 2.26 bits per heavy atom. The van der Waals surface area contributed by atoms with Crippen LogP contribution in [0.1, 0.15) is 31.6 Å². The van der Waals surface area contributed by atoms with E-state index in [0.717, 1.165) is 0 Å². The Morgan fingerprint density at radius 2 is 1.68 bits per heavy atom. The van der Waals surface area contributed by atoms with E-state index in [2.05, 4.69) is 25.1 Å². The largest absolute Gasteiger partial charge is 0.494 e. The highest BCUT2D eigenvalue weighted by atomic mass is 35.5. The minimum absolute atomic E-state index is 0.158. The van der Waals surface area contributed by atoms with Crippen LogP contribution < -0.4 is 9.47 Å². The molecule has 0 fully saturated rings. The molecule has 0 saturated carbocycles. The van der Waals surface area contributed by atoms with Crippen molar-refractivity contribution in [3.05, 3.63) is 71.8 Å². The van der Waals surface area contributed by atoms with Gasteiger partial charge in [-0.15, -0.1) is 10.2 Å². The molecule has 2 atom stereocenters. The molecule has 0 radical (unpaired) electrons. The zero-order valence-electron chi connectivity index (χ0n) is 21.3. The summed E-state index contributed by atoms with van der Waals surface area (Å²) in [5.41, 5.74) is 1.09. The third kappa shape index (κ3) is 5.62. The maximum Gasteiger partial charge on any atom is 0.170 e. The van der Waals surface area contributed by atoms with E-state index in [-0.39, 0.29) is 18.3 Å². The van der Waals surface area contributed by atoms with Crippen LogP contribution in [0, 0.1) is 0 Å². The molecule has 0 spiro atoms. The number of rotatable bonds is 11. The Labute approximate surface area is 225 Å². The van der Waals surface area contributed by atoms with E-state index in [1.54, 1.807) is 61.1 Å². The molecule has 4 rings (SSSR count). The second kappa shape index (κ2) is 11.8. The highest BCUT2D eigenvalue weighted by Crippen LogP contribution is 2.37. The van der Waals surface area contributed by atoms with Crippen molar-refractivity contribution in [1.29, 1.82) is 0 Å². The first-order chi connectivity index (χ1) is 18.3. The second-order valence-electron chi connectivity index (χ2n) is 8.18.